The molecule has 3 heteroatoms. The Balaban J connectivity index is 1.15. The maximum atomic E-state index is 6.22. The van der Waals surface area contributed by atoms with Gasteiger partial charge in [-0.25, -0.2) is 0 Å². The van der Waals surface area contributed by atoms with Gasteiger partial charge in [0.25, 0.3) is 0 Å². The molecule has 23 heavy (non-hydrogen) atoms. The first-order valence-electron chi connectivity index (χ1n) is 9.35. The summed E-state index contributed by atoms with van der Waals surface area (Å²) >= 11 is 0. The lowest BCUT2D eigenvalue weighted by molar-refractivity contribution is 0.0508. The highest BCUT2D eigenvalue weighted by molar-refractivity contribution is 6.34. The second-order valence-corrected chi connectivity index (χ2v) is 8.87. The Bertz CT molecular complexity index is 476. The van der Waals surface area contributed by atoms with E-state index in [-0.39, 0.29) is 9.52 Å². The first kappa shape index (κ1) is 15.6. The minimum absolute atomic E-state index is 0.256. The Morgan fingerprint density at radius 1 is 0.652 bits per heavy atom. The maximum Gasteiger partial charge on any atom is 0.0822 e. The Kier molecular flexibility index (Phi) is 4.98. The van der Waals surface area contributed by atoms with Crippen LogP contribution in [0.4, 0.5) is 0 Å². The molecular formula is C20H28O2Si. The molecule has 124 valence electrons. The summed E-state index contributed by atoms with van der Waals surface area (Å²) < 4.78 is 12.4. The van der Waals surface area contributed by atoms with Crippen molar-refractivity contribution in [1.29, 1.82) is 0 Å². The van der Waals surface area contributed by atoms with Crippen LogP contribution in [-0.4, -0.2) is 34.2 Å². The van der Waals surface area contributed by atoms with Crippen molar-refractivity contribution in [2.24, 2.45) is 23.7 Å². The normalized spacial score (nSPS) is 41.0. The minimum atomic E-state index is -0.256. The van der Waals surface area contributed by atoms with E-state index in [0.29, 0.717) is 24.0 Å². The molecule has 0 bridgehead atoms. The largest absolute Gasteiger partial charge is 0.381 e. The molecule has 0 amide bonds. The lowest BCUT2D eigenvalue weighted by atomic mass is 9.91. The summed E-state index contributed by atoms with van der Waals surface area (Å²) in [6.07, 6.45) is 26.1. The maximum absolute atomic E-state index is 6.22. The van der Waals surface area contributed by atoms with Crippen LogP contribution in [-0.2, 0) is 9.47 Å². The first-order valence-corrected chi connectivity index (χ1v) is 11.3. The van der Waals surface area contributed by atoms with E-state index in [9.17, 15) is 0 Å². The van der Waals surface area contributed by atoms with Crippen molar-refractivity contribution < 1.29 is 9.47 Å². The van der Waals surface area contributed by atoms with Gasteiger partial charge >= 0.3 is 0 Å². The fraction of sp³-hybridized carbons (Fsp3) is 0.600. The second-order valence-electron chi connectivity index (χ2n) is 7.35. The molecule has 0 aromatic carbocycles. The van der Waals surface area contributed by atoms with Crippen molar-refractivity contribution in [1.82, 2.24) is 0 Å². The third kappa shape index (κ3) is 3.47. The smallest absolute Gasteiger partial charge is 0.0822 e. The zero-order chi connectivity index (χ0) is 15.5. The van der Waals surface area contributed by atoms with Gasteiger partial charge in [0.2, 0.25) is 0 Å². The molecule has 0 heterocycles. The topological polar surface area (TPSA) is 18.5 Å². The van der Waals surface area contributed by atoms with Gasteiger partial charge in [0.1, 0.15) is 0 Å². The molecule has 0 aliphatic heterocycles. The number of fused-ring (bicyclic) bond motifs is 2. The van der Waals surface area contributed by atoms with Crippen molar-refractivity contribution in [3.8, 4) is 0 Å². The molecular weight excluding hydrogens is 300 g/mol. The van der Waals surface area contributed by atoms with E-state index in [0.717, 1.165) is 24.3 Å². The van der Waals surface area contributed by atoms with Crippen molar-refractivity contribution in [3.63, 3.8) is 0 Å². The van der Waals surface area contributed by atoms with Crippen LogP contribution in [0.15, 0.2) is 48.6 Å². The monoisotopic (exact) mass is 328 g/mol. The van der Waals surface area contributed by atoms with Gasteiger partial charge in [-0.05, 0) is 37.5 Å². The Morgan fingerprint density at radius 2 is 1.13 bits per heavy atom. The minimum Gasteiger partial charge on any atom is -0.381 e. The molecule has 2 saturated carbocycles. The van der Waals surface area contributed by atoms with Crippen LogP contribution in [0.3, 0.4) is 0 Å². The van der Waals surface area contributed by atoms with Crippen LogP contribution in [0.5, 0.6) is 0 Å². The van der Waals surface area contributed by atoms with E-state index < -0.39 is 0 Å². The highest BCUT2D eigenvalue weighted by atomic mass is 28.2. The summed E-state index contributed by atoms with van der Waals surface area (Å²) in [5.74, 6) is 2.71. The number of allylic oxidation sites excluding steroid dienone is 6. The van der Waals surface area contributed by atoms with Crippen LogP contribution >= 0.6 is 0 Å². The highest BCUT2D eigenvalue weighted by Gasteiger charge is 2.35. The van der Waals surface area contributed by atoms with Crippen molar-refractivity contribution in [3.05, 3.63) is 48.6 Å². The number of rotatable bonds is 6. The molecule has 0 radical (unpaired) electrons. The quantitative estimate of drug-likeness (QED) is 0.551. The average molecular weight is 329 g/mol. The number of ether oxygens (including phenoxy) is 2. The van der Waals surface area contributed by atoms with E-state index in [4.69, 9.17) is 9.47 Å². The Hall–Kier alpha value is -0.903. The molecule has 4 aliphatic carbocycles. The van der Waals surface area contributed by atoms with Crippen LogP contribution in [0, 0.1) is 23.7 Å². The van der Waals surface area contributed by atoms with E-state index in [1.807, 2.05) is 0 Å². The third-order valence-electron chi connectivity index (χ3n) is 5.97. The van der Waals surface area contributed by atoms with Gasteiger partial charge in [0, 0.05) is 24.3 Å². The number of hydrogen-bond donors (Lipinski definition) is 0. The molecule has 6 atom stereocenters. The van der Waals surface area contributed by atoms with Gasteiger partial charge in [-0.2, -0.15) is 0 Å². The zero-order valence-corrected chi connectivity index (χ0v) is 15.3. The van der Waals surface area contributed by atoms with E-state index in [1.54, 1.807) is 0 Å². The molecule has 4 aliphatic rings. The summed E-state index contributed by atoms with van der Waals surface area (Å²) in [5.41, 5.74) is 0. The van der Waals surface area contributed by atoms with E-state index in [2.05, 4.69) is 48.6 Å². The van der Waals surface area contributed by atoms with Gasteiger partial charge in [-0.3, -0.25) is 0 Å². The lowest BCUT2D eigenvalue weighted by Crippen LogP contribution is -2.27. The van der Waals surface area contributed by atoms with Crippen molar-refractivity contribution in [2.75, 3.05) is 12.5 Å². The third-order valence-corrected chi connectivity index (χ3v) is 7.02. The van der Waals surface area contributed by atoms with Crippen LogP contribution < -0.4 is 0 Å². The Labute approximate surface area is 142 Å². The molecule has 0 aromatic rings. The molecule has 0 saturated heterocycles. The van der Waals surface area contributed by atoms with E-state index >= 15 is 0 Å². The molecule has 0 spiro atoms. The average Bonchev–Trinajstić information content (AvgIpc) is 3.19. The fourth-order valence-electron chi connectivity index (χ4n) is 4.73. The van der Waals surface area contributed by atoms with Gasteiger partial charge in [0.05, 0.1) is 21.7 Å². The van der Waals surface area contributed by atoms with Crippen molar-refractivity contribution >= 4 is 9.52 Å². The molecule has 2 nitrogen and oxygen atoms in total. The molecule has 0 N–H and O–H groups in total. The predicted molar refractivity (Wildman–Crippen MR) is 97.0 cm³/mol. The molecule has 6 unspecified atom stereocenters. The highest BCUT2D eigenvalue weighted by Crippen LogP contribution is 2.38. The molecule has 2 fully saturated rings. The standard InChI is InChI=1S/C20H28O2Si/c1-3-7-17-15(5-1)9-11-19(17)21-13-23-14-22-20-12-10-16-6-2-4-8-18(16)20/h1-8,15-20H,9-14,23H2. The second kappa shape index (κ2) is 7.33. The summed E-state index contributed by atoms with van der Waals surface area (Å²) in [4.78, 5) is 0. The number of hydrogen-bond acceptors (Lipinski definition) is 2. The summed E-state index contributed by atoms with van der Waals surface area (Å²) in [7, 11) is -0.256. The van der Waals surface area contributed by atoms with Gasteiger partial charge in [-0.15, -0.1) is 0 Å². The van der Waals surface area contributed by atoms with Crippen LogP contribution in [0.25, 0.3) is 0 Å². The summed E-state index contributed by atoms with van der Waals surface area (Å²) in [6.45, 7) is 0. The van der Waals surface area contributed by atoms with Gasteiger partial charge in [0.15, 0.2) is 0 Å². The summed E-state index contributed by atoms with van der Waals surface area (Å²) in [5, 5.41) is 0. The molecule has 4 rings (SSSR count). The fourth-order valence-corrected chi connectivity index (χ4v) is 5.79. The lowest BCUT2D eigenvalue weighted by Gasteiger charge is -2.23. The zero-order valence-electron chi connectivity index (χ0n) is 13.8. The Morgan fingerprint density at radius 3 is 1.65 bits per heavy atom. The summed E-state index contributed by atoms with van der Waals surface area (Å²) in [6, 6.07) is 0. The van der Waals surface area contributed by atoms with Crippen LogP contribution in [0.2, 0.25) is 0 Å². The van der Waals surface area contributed by atoms with E-state index in [1.165, 1.54) is 25.7 Å². The van der Waals surface area contributed by atoms with Gasteiger partial charge in [-0.1, -0.05) is 48.6 Å². The predicted octanol–water partition coefficient (Wildman–Crippen LogP) is 3.15. The van der Waals surface area contributed by atoms with Crippen molar-refractivity contribution in [2.45, 2.75) is 37.9 Å². The SMILES string of the molecule is C1=CC2CCC(OC[SiH2]COC3CCC4C=CC=CC43)C2C=C1. The molecule has 0 aromatic heterocycles. The van der Waals surface area contributed by atoms with Crippen LogP contribution in [0.1, 0.15) is 25.7 Å². The van der Waals surface area contributed by atoms with Gasteiger partial charge < -0.3 is 9.47 Å². The first-order chi connectivity index (χ1) is 11.4.